The molecule has 0 aliphatic heterocycles. The van der Waals surface area contributed by atoms with Gasteiger partial charge in [-0.2, -0.15) is 18.4 Å². The summed E-state index contributed by atoms with van der Waals surface area (Å²) in [5.74, 6) is 0.216. The fraction of sp³-hybridized carbons (Fsp3) is 0.0833. The number of hydrogen-bond acceptors (Lipinski definition) is 4. The van der Waals surface area contributed by atoms with Gasteiger partial charge in [-0.15, -0.1) is 0 Å². The number of halogens is 5. The molecule has 0 fully saturated rings. The minimum absolute atomic E-state index is 0.122. The molecule has 108 valence electrons. The van der Waals surface area contributed by atoms with Crippen LogP contribution in [0.2, 0.25) is 5.15 Å². The summed E-state index contributed by atoms with van der Waals surface area (Å²) in [6, 6.07) is 4.77. The van der Waals surface area contributed by atoms with Gasteiger partial charge < -0.3 is 5.32 Å². The number of hydrogen-bond donors (Lipinski definition) is 1. The number of nitrogens with one attached hydrogen (secondary N) is 1. The molecule has 0 atom stereocenters. The van der Waals surface area contributed by atoms with E-state index in [1.807, 2.05) is 0 Å². The first-order chi connectivity index (χ1) is 9.82. The highest BCUT2D eigenvalue weighted by atomic mass is 79.9. The second kappa shape index (κ2) is 5.87. The van der Waals surface area contributed by atoms with Gasteiger partial charge >= 0.3 is 6.18 Å². The lowest BCUT2D eigenvalue weighted by atomic mass is 10.1. The van der Waals surface area contributed by atoms with Crippen molar-refractivity contribution in [3.63, 3.8) is 0 Å². The van der Waals surface area contributed by atoms with E-state index in [9.17, 15) is 13.2 Å². The summed E-state index contributed by atoms with van der Waals surface area (Å²) in [6.07, 6.45) is -3.45. The van der Waals surface area contributed by atoms with Crippen molar-refractivity contribution in [2.24, 2.45) is 0 Å². The molecule has 0 radical (unpaired) electrons. The summed E-state index contributed by atoms with van der Waals surface area (Å²) >= 11 is 8.90. The van der Waals surface area contributed by atoms with Crippen LogP contribution < -0.4 is 5.32 Å². The lowest BCUT2D eigenvalue weighted by molar-refractivity contribution is -0.137. The van der Waals surface area contributed by atoms with Crippen molar-refractivity contribution in [2.75, 3.05) is 5.32 Å². The van der Waals surface area contributed by atoms with Gasteiger partial charge in [-0.1, -0.05) is 11.6 Å². The fourth-order valence-corrected chi connectivity index (χ4v) is 1.96. The molecule has 0 bridgehead atoms. The molecule has 0 saturated carbocycles. The molecule has 1 aromatic heterocycles. The van der Waals surface area contributed by atoms with Crippen LogP contribution in [0.25, 0.3) is 0 Å². The molecule has 2 aromatic rings. The van der Waals surface area contributed by atoms with Gasteiger partial charge in [0.05, 0.1) is 21.7 Å². The van der Waals surface area contributed by atoms with E-state index >= 15 is 0 Å². The SMILES string of the molecule is N#Cc1ccc(Nc2ncnc(Cl)c2Br)cc1C(F)(F)F. The number of anilines is 2. The van der Waals surface area contributed by atoms with Gasteiger partial charge in [-0.3, -0.25) is 0 Å². The number of nitrogens with zero attached hydrogens (tertiary/aromatic N) is 3. The van der Waals surface area contributed by atoms with Gasteiger partial charge in [-0.25, -0.2) is 9.97 Å². The van der Waals surface area contributed by atoms with Gasteiger partial charge in [0.15, 0.2) is 0 Å². The highest BCUT2D eigenvalue weighted by Crippen LogP contribution is 2.35. The minimum atomic E-state index is -4.62. The maximum atomic E-state index is 12.9. The molecule has 0 aliphatic rings. The van der Waals surface area contributed by atoms with Crippen LogP contribution in [0.4, 0.5) is 24.7 Å². The Kier molecular flexibility index (Phi) is 4.34. The molecule has 2 rings (SSSR count). The largest absolute Gasteiger partial charge is 0.417 e. The number of alkyl halides is 3. The maximum absolute atomic E-state index is 12.9. The zero-order chi connectivity index (χ0) is 15.6. The van der Waals surface area contributed by atoms with Crippen molar-refractivity contribution in [1.29, 1.82) is 5.26 Å². The van der Waals surface area contributed by atoms with E-state index in [1.54, 1.807) is 0 Å². The van der Waals surface area contributed by atoms with Crippen molar-refractivity contribution >= 4 is 39.0 Å². The lowest BCUT2D eigenvalue weighted by Crippen LogP contribution is -2.08. The van der Waals surface area contributed by atoms with Crippen LogP contribution in [0, 0.1) is 11.3 Å². The molecule has 0 amide bonds. The van der Waals surface area contributed by atoms with E-state index in [0.717, 1.165) is 12.1 Å². The smallest absolute Gasteiger partial charge is 0.339 e. The number of nitriles is 1. The van der Waals surface area contributed by atoms with Gasteiger partial charge in [0.1, 0.15) is 17.3 Å². The van der Waals surface area contributed by atoms with Crippen molar-refractivity contribution in [2.45, 2.75) is 6.18 Å². The van der Waals surface area contributed by atoms with E-state index in [1.165, 1.54) is 18.5 Å². The molecule has 1 N–H and O–H groups in total. The van der Waals surface area contributed by atoms with Crippen molar-refractivity contribution in [1.82, 2.24) is 9.97 Å². The highest BCUT2D eigenvalue weighted by Gasteiger charge is 2.33. The molecule has 0 unspecified atom stereocenters. The molecule has 0 spiro atoms. The quantitative estimate of drug-likeness (QED) is 0.781. The van der Waals surface area contributed by atoms with Gasteiger partial charge in [-0.05, 0) is 34.1 Å². The van der Waals surface area contributed by atoms with Crippen LogP contribution in [-0.4, -0.2) is 9.97 Å². The second-order valence-electron chi connectivity index (χ2n) is 3.82. The monoisotopic (exact) mass is 376 g/mol. The Morgan fingerprint density at radius 3 is 2.62 bits per heavy atom. The van der Waals surface area contributed by atoms with E-state index in [-0.39, 0.29) is 16.7 Å². The molecule has 0 saturated heterocycles. The molecule has 1 heterocycles. The summed E-state index contributed by atoms with van der Waals surface area (Å²) < 4.78 is 38.9. The Hall–Kier alpha value is -1.85. The van der Waals surface area contributed by atoms with Crippen LogP contribution in [0.3, 0.4) is 0 Å². The third-order valence-corrected chi connectivity index (χ3v) is 3.72. The molecular formula is C12H5BrClF3N4. The van der Waals surface area contributed by atoms with E-state index in [2.05, 4.69) is 31.2 Å². The maximum Gasteiger partial charge on any atom is 0.417 e. The predicted octanol–water partition coefficient (Wildman–Crippen LogP) is 4.53. The first kappa shape index (κ1) is 15.5. The summed E-state index contributed by atoms with van der Waals surface area (Å²) in [7, 11) is 0. The van der Waals surface area contributed by atoms with E-state index in [4.69, 9.17) is 16.9 Å². The molecule has 4 nitrogen and oxygen atoms in total. The fourth-order valence-electron chi connectivity index (χ4n) is 1.53. The molecule has 9 heteroatoms. The zero-order valence-electron chi connectivity index (χ0n) is 10.0. The first-order valence-corrected chi connectivity index (χ1v) is 6.54. The number of rotatable bonds is 2. The number of aromatic nitrogens is 2. The predicted molar refractivity (Wildman–Crippen MR) is 74.2 cm³/mol. The standard InChI is InChI=1S/C12H5BrClF3N4/c13-9-10(14)19-5-20-11(9)21-7-2-1-6(4-18)8(3-7)12(15,16)17/h1-3,5H,(H,19,20,21). The summed E-state index contributed by atoms with van der Waals surface area (Å²) in [6.45, 7) is 0. The second-order valence-corrected chi connectivity index (χ2v) is 4.97. The molecule has 0 aliphatic carbocycles. The van der Waals surface area contributed by atoms with Crippen molar-refractivity contribution in [3.8, 4) is 6.07 Å². The van der Waals surface area contributed by atoms with E-state index < -0.39 is 17.3 Å². The van der Waals surface area contributed by atoms with Crippen LogP contribution in [0.1, 0.15) is 11.1 Å². The normalized spacial score (nSPS) is 11.0. The zero-order valence-corrected chi connectivity index (χ0v) is 12.4. The first-order valence-electron chi connectivity index (χ1n) is 5.37. The Morgan fingerprint density at radius 2 is 2.00 bits per heavy atom. The molecule has 1 aromatic carbocycles. The average molecular weight is 378 g/mol. The Morgan fingerprint density at radius 1 is 1.29 bits per heavy atom. The van der Waals surface area contributed by atoms with Gasteiger partial charge in [0.2, 0.25) is 0 Å². The average Bonchev–Trinajstić information content (AvgIpc) is 2.43. The topological polar surface area (TPSA) is 61.6 Å². The van der Waals surface area contributed by atoms with Gasteiger partial charge in [0, 0.05) is 5.69 Å². The molecule has 21 heavy (non-hydrogen) atoms. The van der Waals surface area contributed by atoms with Gasteiger partial charge in [0.25, 0.3) is 0 Å². The van der Waals surface area contributed by atoms with Crippen molar-refractivity contribution < 1.29 is 13.2 Å². The Labute approximate surface area is 130 Å². The van der Waals surface area contributed by atoms with Crippen molar-refractivity contribution in [3.05, 3.63) is 45.3 Å². The Balaban J connectivity index is 2.43. The summed E-state index contributed by atoms with van der Waals surface area (Å²) in [5.41, 5.74) is -1.35. The van der Waals surface area contributed by atoms with E-state index in [0.29, 0.717) is 4.47 Å². The molecular weight excluding hydrogens is 373 g/mol. The highest BCUT2D eigenvalue weighted by molar-refractivity contribution is 9.10. The third-order valence-electron chi connectivity index (χ3n) is 2.46. The third kappa shape index (κ3) is 3.43. The van der Waals surface area contributed by atoms with Crippen LogP contribution in [0.5, 0.6) is 0 Å². The summed E-state index contributed by atoms with van der Waals surface area (Å²) in [4.78, 5) is 7.58. The number of benzene rings is 1. The van der Waals surface area contributed by atoms with Crippen LogP contribution in [0.15, 0.2) is 29.0 Å². The van der Waals surface area contributed by atoms with Crippen LogP contribution >= 0.6 is 27.5 Å². The minimum Gasteiger partial charge on any atom is -0.339 e. The Bertz CT molecular complexity index is 727. The lowest BCUT2D eigenvalue weighted by Gasteiger charge is -2.12. The van der Waals surface area contributed by atoms with Crippen LogP contribution in [-0.2, 0) is 6.18 Å². The summed E-state index contributed by atoms with van der Waals surface area (Å²) in [5, 5.41) is 11.5.